The van der Waals surface area contributed by atoms with Gasteiger partial charge in [0.15, 0.2) is 0 Å². The van der Waals surface area contributed by atoms with E-state index in [1.54, 1.807) is 0 Å². The van der Waals surface area contributed by atoms with Crippen molar-refractivity contribution in [2.75, 3.05) is 19.6 Å². The van der Waals surface area contributed by atoms with Crippen LogP contribution in [0.25, 0.3) is 0 Å². The molecule has 4 heteroatoms. The van der Waals surface area contributed by atoms with Crippen molar-refractivity contribution >= 4 is 21.8 Å². The second-order valence-electron chi connectivity index (χ2n) is 5.03. The van der Waals surface area contributed by atoms with Gasteiger partial charge >= 0.3 is 0 Å². The normalized spacial score (nSPS) is 18.5. The number of hydrogen-bond donors (Lipinski definition) is 1. The smallest absolute Gasteiger partial charge is 0.227 e. The fraction of sp³-hybridized carbons (Fsp3) is 0.533. The monoisotopic (exact) mass is 324 g/mol. The molecule has 3 nitrogen and oxygen atoms in total. The Morgan fingerprint density at radius 2 is 2.16 bits per heavy atom. The van der Waals surface area contributed by atoms with Crippen molar-refractivity contribution in [2.24, 2.45) is 0 Å². The van der Waals surface area contributed by atoms with E-state index in [-0.39, 0.29) is 5.91 Å². The summed E-state index contributed by atoms with van der Waals surface area (Å²) < 4.78 is 1.05. The Labute approximate surface area is 123 Å². The largest absolute Gasteiger partial charge is 0.341 e. The summed E-state index contributed by atoms with van der Waals surface area (Å²) >= 11 is 3.41. The van der Waals surface area contributed by atoms with Crippen LogP contribution < -0.4 is 5.32 Å². The molecule has 1 N–H and O–H groups in total. The van der Waals surface area contributed by atoms with Gasteiger partial charge in [-0.1, -0.05) is 28.1 Å². The van der Waals surface area contributed by atoms with Crippen LogP contribution in [0, 0.1) is 0 Å². The molecule has 1 fully saturated rings. The zero-order valence-electron chi connectivity index (χ0n) is 11.4. The summed E-state index contributed by atoms with van der Waals surface area (Å²) in [4.78, 5) is 14.3. The van der Waals surface area contributed by atoms with Gasteiger partial charge < -0.3 is 10.2 Å². The fourth-order valence-electron chi connectivity index (χ4n) is 2.47. The summed E-state index contributed by atoms with van der Waals surface area (Å²) in [7, 11) is 0. The predicted octanol–water partition coefficient (Wildman–Crippen LogP) is 2.59. The molecule has 0 spiro atoms. The van der Waals surface area contributed by atoms with Crippen molar-refractivity contribution in [1.29, 1.82) is 0 Å². The molecule has 0 aromatic heterocycles. The molecule has 1 saturated heterocycles. The van der Waals surface area contributed by atoms with Crippen molar-refractivity contribution < 1.29 is 4.79 Å². The van der Waals surface area contributed by atoms with E-state index in [2.05, 4.69) is 28.2 Å². The minimum absolute atomic E-state index is 0.221. The maximum atomic E-state index is 12.3. The number of amides is 1. The van der Waals surface area contributed by atoms with Gasteiger partial charge in [-0.25, -0.2) is 0 Å². The van der Waals surface area contributed by atoms with Crippen LogP contribution in [0.1, 0.15) is 25.3 Å². The Kier molecular flexibility index (Phi) is 5.40. The third-order valence-electron chi connectivity index (χ3n) is 3.61. The number of carbonyl (C=O) groups is 1. The molecule has 1 unspecified atom stereocenters. The summed E-state index contributed by atoms with van der Waals surface area (Å²) in [5, 5.41) is 3.45. The molecule has 1 aromatic rings. The lowest BCUT2D eigenvalue weighted by Gasteiger charge is -2.24. The molecule has 2 rings (SSSR count). The Morgan fingerprint density at radius 1 is 1.42 bits per heavy atom. The van der Waals surface area contributed by atoms with E-state index in [0.717, 1.165) is 29.7 Å². The van der Waals surface area contributed by atoms with E-state index in [0.29, 0.717) is 12.5 Å². The highest BCUT2D eigenvalue weighted by Gasteiger charge is 2.20. The highest BCUT2D eigenvalue weighted by molar-refractivity contribution is 9.10. The summed E-state index contributed by atoms with van der Waals surface area (Å²) in [6.45, 7) is 4.76. The van der Waals surface area contributed by atoms with Crippen LogP contribution in [-0.2, 0) is 11.2 Å². The van der Waals surface area contributed by atoms with Crippen molar-refractivity contribution in [3.63, 3.8) is 0 Å². The highest BCUT2D eigenvalue weighted by Crippen LogP contribution is 2.13. The van der Waals surface area contributed by atoms with Gasteiger partial charge in [-0.05, 0) is 44.0 Å². The van der Waals surface area contributed by atoms with E-state index in [1.165, 1.54) is 12.8 Å². The van der Waals surface area contributed by atoms with E-state index in [1.807, 2.05) is 29.2 Å². The number of rotatable bonds is 5. The molecule has 0 bridgehead atoms. The molecule has 1 amide bonds. The Hall–Kier alpha value is -0.870. The van der Waals surface area contributed by atoms with Crippen LogP contribution in [0.2, 0.25) is 0 Å². The van der Waals surface area contributed by atoms with Crippen molar-refractivity contribution in [3.05, 3.63) is 34.3 Å². The zero-order valence-corrected chi connectivity index (χ0v) is 12.9. The topological polar surface area (TPSA) is 32.3 Å². The molecule has 1 heterocycles. The van der Waals surface area contributed by atoms with Crippen LogP contribution in [-0.4, -0.2) is 36.5 Å². The summed E-state index contributed by atoms with van der Waals surface area (Å²) in [5.41, 5.74) is 1.08. The van der Waals surface area contributed by atoms with Crippen LogP contribution in [0.15, 0.2) is 28.7 Å². The van der Waals surface area contributed by atoms with Crippen molar-refractivity contribution in [2.45, 2.75) is 32.2 Å². The number of nitrogens with one attached hydrogen (secondary N) is 1. The summed E-state index contributed by atoms with van der Waals surface area (Å²) in [5.74, 6) is 0.221. The van der Waals surface area contributed by atoms with Gasteiger partial charge in [0, 0.05) is 23.6 Å². The molecule has 0 radical (unpaired) electrons. The molecule has 1 aromatic carbocycles. The van der Waals surface area contributed by atoms with E-state index in [4.69, 9.17) is 0 Å². The number of carbonyl (C=O) groups excluding carboxylic acids is 1. The van der Waals surface area contributed by atoms with E-state index in [9.17, 15) is 4.79 Å². The standard InChI is InChI=1S/C15H21BrN2O/c1-2-18(11-14-4-3-9-17-14)15(19)10-12-5-7-13(16)8-6-12/h5-8,14,17H,2-4,9-11H2,1H3. The molecular weight excluding hydrogens is 304 g/mol. The molecule has 19 heavy (non-hydrogen) atoms. The van der Waals surface area contributed by atoms with E-state index < -0.39 is 0 Å². The molecule has 104 valence electrons. The quantitative estimate of drug-likeness (QED) is 0.902. The Morgan fingerprint density at radius 3 is 2.74 bits per heavy atom. The number of halogens is 1. The third kappa shape index (κ3) is 4.32. The Balaban J connectivity index is 1.90. The van der Waals surface area contributed by atoms with Crippen LogP contribution in [0.3, 0.4) is 0 Å². The number of benzene rings is 1. The maximum absolute atomic E-state index is 12.3. The Bertz CT molecular complexity index is 413. The highest BCUT2D eigenvalue weighted by atomic mass is 79.9. The second-order valence-corrected chi connectivity index (χ2v) is 5.94. The third-order valence-corrected chi connectivity index (χ3v) is 4.13. The van der Waals surface area contributed by atoms with E-state index >= 15 is 0 Å². The average Bonchev–Trinajstić information content (AvgIpc) is 2.91. The molecular formula is C15H21BrN2O. The molecule has 0 saturated carbocycles. The van der Waals surface area contributed by atoms with Gasteiger partial charge in [-0.2, -0.15) is 0 Å². The summed E-state index contributed by atoms with van der Waals surface area (Å²) in [6.07, 6.45) is 2.90. The fourth-order valence-corrected chi connectivity index (χ4v) is 2.74. The first kappa shape index (κ1) is 14.5. The lowest BCUT2D eigenvalue weighted by Crippen LogP contribution is -2.41. The lowest BCUT2D eigenvalue weighted by molar-refractivity contribution is -0.130. The van der Waals surface area contributed by atoms with Crippen molar-refractivity contribution in [3.8, 4) is 0 Å². The second kappa shape index (κ2) is 7.06. The number of likely N-dealkylation sites (N-methyl/N-ethyl adjacent to an activating group) is 1. The van der Waals surface area contributed by atoms with Crippen molar-refractivity contribution in [1.82, 2.24) is 10.2 Å². The zero-order chi connectivity index (χ0) is 13.7. The molecule has 1 aliphatic heterocycles. The first-order chi connectivity index (χ1) is 9.19. The number of hydrogen-bond acceptors (Lipinski definition) is 2. The van der Waals surface area contributed by atoms with Crippen LogP contribution >= 0.6 is 15.9 Å². The van der Waals surface area contributed by atoms with Gasteiger partial charge in [0.1, 0.15) is 0 Å². The number of nitrogens with zero attached hydrogens (tertiary/aromatic N) is 1. The van der Waals surface area contributed by atoms with Gasteiger partial charge in [-0.3, -0.25) is 4.79 Å². The van der Waals surface area contributed by atoms with Crippen LogP contribution in [0.5, 0.6) is 0 Å². The van der Waals surface area contributed by atoms with Crippen LogP contribution in [0.4, 0.5) is 0 Å². The SMILES string of the molecule is CCN(CC1CCCN1)C(=O)Cc1ccc(Br)cc1. The van der Waals surface area contributed by atoms with Gasteiger partial charge in [0.25, 0.3) is 0 Å². The summed E-state index contributed by atoms with van der Waals surface area (Å²) in [6, 6.07) is 8.45. The minimum Gasteiger partial charge on any atom is -0.341 e. The first-order valence-electron chi connectivity index (χ1n) is 6.94. The maximum Gasteiger partial charge on any atom is 0.227 e. The van der Waals surface area contributed by atoms with Gasteiger partial charge in [0.2, 0.25) is 5.91 Å². The lowest BCUT2D eigenvalue weighted by atomic mass is 10.1. The average molecular weight is 325 g/mol. The molecule has 1 aliphatic rings. The molecule has 0 aliphatic carbocycles. The van der Waals surface area contributed by atoms with Gasteiger partial charge in [-0.15, -0.1) is 0 Å². The van der Waals surface area contributed by atoms with Gasteiger partial charge in [0.05, 0.1) is 6.42 Å². The molecule has 1 atom stereocenters. The minimum atomic E-state index is 0.221. The first-order valence-corrected chi connectivity index (χ1v) is 7.74. The predicted molar refractivity (Wildman–Crippen MR) is 81.1 cm³/mol.